The molecule has 0 atom stereocenters. The minimum atomic E-state index is -0.242. The monoisotopic (exact) mass is 349 g/mol. The van der Waals surface area contributed by atoms with Crippen LogP contribution in [-0.4, -0.2) is 10.9 Å². The first-order valence-electron chi connectivity index (χ1n) is 5.12. The molecule has 0 bridgehead atoms. The van der Waals surface area contributed by atoms with Crippen molar-refractivity contribution in [3.8, 4) is 6.07 Å². The summed E-state index contributed by atoms with van der Waals surface area (Å²) in [5.74, 6) is -0.242. The normalized spacial score (nSPS) is 9.56. The molecule has 1 aromatic heterocycles. The highest BCUT2D eigenvalue weighted by molar-refractivity contribution is 14.1. The van der Waals surface area contributed by atoms with Gasteiger partial charge in [0.2, 0.25) is 0 Å². The van der Waals surface area contributed by atoms with Crippen LogP contribution in [0.2, 0.25) is 0 Å². The van der Waals surface area contributed by atoms with E-state index in [-0.39, 0.29) is 5.91 Å². The molecule has 0 fully saturated rings. The summed E-state index contributed by atoms with van der Waals surface area (Å²) in [4.78, 5) is 15.7. The largest absolute Gasteiger partial charge is 0.322 e. The van der Waals surface area contributed by atoms with Gasteiger partial charge >= 0.3 is 0 Å². The Kier molecular flexibility index (Phi) is 3.89. The Labute approximate surface area is 118 Å². The zero-order valence-electron chi connectivity index (χ0n) is 9.22. The van der Waals surface area contributed by atoms with Crippen molar-refractivity contribution in [1.82, 2.24) is 4.98 Å². The molecule has 0 radical (unpaired) electrons. The molecule has 88 valence electrons. The van der Waals surface area contributed by atoms with Gasteiger partial charge in [-0.2, -0.15) is 5.26 Å². The molecule has 1 aromatic carbocycles. The lowest BCUT2D eigenvalue weighted by atomic mass is 10.2. The summed E-state index contributed by atoms with van der Waals surface area (Å²) in [6.45, 7) is 0. The van der Waals surface area contributed by atoms with Crippen molar-refractivity contribution >= 4 is 34.2 Å². The van der Waals surface area contributed by atoms with E-state index in [4.69, 9.17) is 5.26 Å². The van der Waals surface area contributed by atoms with E-state index in [0.717, 1.165) is 9.26 Å². The number of aromatic nitrogens is 1. The second kappa shape index (κ2) is 5.60. The number of nitrogens with zero attached hydrogens (tertiary/aromatic N) is 2. The van der Waals surface area contributed by atoms with Gasteiger partial charge in [-0.1, -0.05) is 0 Å². The molecule has 1 heterocycles. The number of nitrogens with one attached hydrogen (secondary N) is 1. The first-order valence-corrected chi connectivity index (χ1v) is 6.20. The molecule has 0 unspecified atom stereocenters. The third-order valence-corrected chi connectivity index (χ3v) is 2.96. The van der Waals surface area contributed by atoms with Crippen molar-refractivity contribution in [3.63, 3.8) is 0 Å². The number of hydrogen-bond donors (Lipinski definition) is 1. The van der Waals surface area contributed by atoms with Gasteiger partial charge in [-0.3, -0.25) is 4.79 Å². The Morgan fingerprint density at radius 2 is 1.94 bits per heavy atom. The Hall–Kier alpha value is -1.94. The molecule has 1 N–H and O–H groups in total. The standard InChI is InChI=1S/C13H8IN3O/c14-10-2-5-11(6-3-10)17-13(18)9-1-4-12(7-15)16-8-9/h1-6,8H,(H,17,18). The Morgan fingerprint density at radius 1 is 1.22 bits per heavy atom. The van der Waals surface area contributed by atoms with Crippen LogP contribution in [-0.2, 0) is 0 Å². The van der Waals surface area contributed by atoms with Gasteiger partial charge in [-0.15, -0.1) is 0 Å². The number of amides is 1. The number of carbonyl (C=O) groups excluding carboxylic acids is 1. The van der Waals surface area contributed by atoms with Crippen LogP contribution < -0.4 is 5.32 Å². The van der Waals surface area contributed by atoms with Gasteiger partial charge in [-0.05, 0) is 59.0 Å². The second-order valence-corrected chi connectivity index (χ2v) is 4.75. The SMILES string of the molecule is N#Cc1ccc(C(=O)Nc2ccc(I)cc2)cn1. The van der Waals surface area contributed by atoms with Crippen LogP contribution in [0.15, 0.2) is 42.6 Å². The molecule has 2 rings (SSSR count). The third-order valence-electron chi connectivity index (χ3n) is 2.24. The van der Waals surface area contributed by atoms with Crippen LogP contribution in [0.5, 0.6) is 0 Å². The highest BCUT2D eigenvalue weighted by Gasteiger charge is 2.06. The topological polar surface area (TPSA) is 65.8 Å². The Bertz CT molecular complexity index is 600. The molecule has 0 aliphatic rings. The molecule has 0 spiro atoms. The molecule has 4 nitrogen and oxygen atoms in total. The minimum absolute atomic E-state index is 0.242. The first-order chi connectivity index (χ1) is 8.69. The average Bonchev–Trinajstić information content (AvgIpc) is 2.41. The minimum Gasteiger partial charge on any atom is -0.322 e. The molecule has 0 aliphatic carbocycles. The fourth-order valence-corrected chi connectivity index (χ4v) is 1.69. The summed E-state index contributed by atoms with van der Waals surface area (Å²) >= 11 is 2.20. The van der Waals surface area contributed by atoms with E-state index in [1.807, 2.05) is 30.3 Å². The highest BCUT2D eigenvalue weighted by atomic mass is 127. The number of rotatable bonds is 2. The van der Waals surface area contributed by atoms with Gasteiger partial charge in [0.05, 0.1) is 5.56 Å². The predicted molar refractivity (Wildman–Crippen MR) is 76.1 cm³/mol. The first kappa shape index (κ1) is 12.5. The summed E-state index contributed by atoms with van der Waals surface area (Å²) in [5.41, 5.74) is 1.44. The van der Waals surface area contributed by atoms with Gasteiger partial charge in [0.15, 0.2) is 0 Å². The predicted octanol–water partition coefficient (Wildman–Crippen LogP) is 2.81. The van der Waals surface area contributed by atoms with Crippen molar-refractivity contribution in [2.75, 3.05) is 5.32 Å². The molecular weight excluding hydrogens is 341 g/mol. The van der Waals surface area contributed by atoms with Gasteiger partial charge < -0.3 is 5.32 Å². The average molecular weight is 349 g/mol. The molecule has 2 aromatic rings. The number of anilines is 1. The Morgan fingerprint density at radius 3 is 2.50 bits per heavy atom. The molecule has 1 amide bonds. The molecule has 5 heteroatoms. The maximum absolute atomic E-state index is 11.9. The van der Waals surface area contributed by atoms with Crippen molar-refractivity contribution in [1.29, 1.82) is 5.26 Å². The fourth-order valence-electron chi connectivity index (χ4n) is 1.33. The molecular formula is C13H8IN3O. The fraction of sp³-hybridized carbons (Fsp3) is 0. The van der Waals surface area contributed by atoms with E-state index in [1.165, 1.54) is 12.3 Å². The summed E-state index contributed by atoms with van der Waals surface area (Å²) < 4.78 is 1.10. The number of nitriles is 1. The summed E-state index contributed by atoms with van der Waals surface area (Å²) in [7, 11) is 0. The van der Waals surface area contributed by atoms with Gasteiger partial charge in [-0.25, -0.2) is 4.98 Å². The van der Waals surface area contributed by atoms with Gasteiger partial charge in [0.25, 0.3) is 5.91 Å². The van der Waals surface area contributed by atoms with Crippen LogP contribution in [0.4, 0.5) is 5.69 Å². The van der Waals surface area contributed by atoms with Crippen molar-refractivity contribution in [3.05, 3.63) is 57.4 Å². The Balaban J connectivity index is 2.12. The number of halogens is 1. The van der Waals surface area contributed by atoms with Gasteiger partial charge in [0.1, 0.15) is 11.8 Å². The van der Waals surface area contributed by atoms with Crippen molar-refractivity contribution < 1.29 is 4.79 Å². The quantitative estimate of drug-likeness (QED) is 0.848. The zero-order valence-corrected chi connectivity index (χ0v) is 11.4. The number of carbonyl (C=O) groups is 1. The smallest absolute Gasteiger partial charge is 0.257 e. The van der Waals surface area contributed by atoms with E-state index < -0.39 is 0 Å². The lowest BCUT2D eigenvalue weighted by molar-refractivity contribution is 0.102. The van der Waals surface area contributed by atoms with E-state index in [2.05, 4.69) is 32.9 Å². The molecule has 18 heavy (non-hydrogen) atoms. The maximum atomic E-state index is 11.9. The van der Waals surface area contributed by atoms with Crippen LogP contribution in [0.3, 0.4) is 0 Å². The lowest BCUT2D eigenvalue weighted by Gasteiger charge is -2.04. The van der Waals surface area contributed by atoms with E-state index >= 15 is 0 Å². The van der Waals surface area contributed by atoms with Crippen LogP contribution in [0.25, 0.3) is 0 Å². The maximum Gasteiger partial charge on any atom is 0.257 e. The van der Waals surface area contributed by atoms with Crippen molar-refractivity contribution in [2.45, 2.75) is 0 Å². The summed E-state index contributed by atoms with van der Waals surface area (Å²) in [6.07, 6.45) is 1.39. The lowest BCUT2D eigenvalue weighted by Crippen LogP contribution is -2.12. The van der Waals surface area contributed by atoms with E-state index in [0.29, 0.717) is 11.3 Å². The third kappa shape index (κ3) is 3.05. The second-order valence-electron chi connectivity index (χ2n) is 3.50. The zero-order chi connectivity index (χ0) is 13.0. The van der Waals surface area contributed by atoms with Crippen LogP contribution in [0, 0.1) is 14.9 Å². The summed E-state index contributed by atoms with van der Waals surface area (Å²) in [6, 6.07) is 12.5. The van der Waals surface area contributed by atoms with E-state index in [9.17, 15) is 4.79 Å². The summed E-state index contributed by atoms with van der Waals surface area (Å²) in [5, 5.41) is 11.4. The number of benzene rings is 1. The van der Waals surface area contributed by atoms with Crippen LogP contribution in [0.1, 0.15) is 16.1 Å². The highest BCUT2D eigenvalue weighted by Crippen LogP contribution is 2.12. The molecule has 0 aliphatic heterocycles. The van der Waals surface area contributed by atoms with Crippen molar-refractivity contribution in [2.24, 2.45) is 0 Å². The van der Waals surface area contributed by atoms with E-state index in [1.54, 1.807) is 6.07 Å². The molecule has 0 saturated heterocycles. The number of hydrogen-bond acceptors (Lipinski definition) is 3. The van der Waals surface area contributed by atoms with Gasteiger partial charge in [0, 0.05) is 15.5 Å². The number of pyridine rings is 1. The van der Waals surface area contributed by atoms with Crippen LogP contribution >= 0.6 is 22.6 Å². The molecule has 0 saturated carbocycles.